The normalized spacial score (nSPS) is 10.1. The number of nitrogens with one attached hydrogen (secondary N) is 2. The first kappa shape index (κ1) is 25.9. The predicted octanol–water partition coefficient (Wildman–Crippen LogP) is 8.42. The van der Waals surface area contributed by atoms with E-state index in [9.17, 15) is 0 Å². The molecule has 0 saturated heterocycles. The van der Waals surface area contributed by atoms with Crippen LogP contribution in [0.2, 0.25) is 0 Å². The van der Waals surface area contributed by atoms with E-state index in [1.54, 1.807) is 5.56 Å². The van der Waals surface area contributed by atoms with E-state index in [0.29, 0.717) is 0 Å². The largest absolute Gasteiger partial charge is 0.361 e. The summed E-state index contributed by atoms with van der Waals surface area (Å²) in [6.07, 6.45) is 12.4. The molecule has 0 aliphatic rings. The molecule has 3 aromatic rings. The Morgan fingerprint density at radius 1 is 1.06 bits per heavy atom. The molecule has 1 heterocycles. The molecular formula is C29H38N2. The van der Waals surface area contributed by atoms with E-state index in [1.807, 2.05) is 55.6 Å². The standard InChI is InChI=1S/C12H18.C9H8N2.C8H12/c1-5-6-12-10(3)7-9(2)8-11(12)4;10-6-7-1-2-8-3-4-11-9(8)5-7;1-4-6-8(3)7-5-2/h7-8H,5-6H2,1-4H3;1-6,10-11H;4-5,7H,1,3,6H2,2H3/b;;7-5+. The number of hydrogen-bond acceptors (Lipinski definition) is 1. The van der Waals surface area contributed by atoms with Crippen LogP contribution in [0.3, 0.4) is 0 Å². The summed E-state index contributed by atoms with van der Waals surface area (Å²) in [5, 5.41) is 8.22. The van der Waals surface area contributed by atoms with E-state index in [1.165, 1.54) is 41.1 Å². The van der Waals surface area contributed by atoms with E-state index >= 15 is 0 Å². The van der Waals surface area contributed by atoms with Gasteiger partial charge in [0, 0.05) is 17.9 Å². The lowest BCUT2D eigenvalue weighted by molar-refractivity contribution is 0.902. The first-order valence-corrected chi connectivity index (χ1v) is 10.9. The van der Waals surface area contributed by atoms with Gasteiger partial charge in [-0.2, -0.15) is 0 Å². The van der Waals surface area contributed by atoms with Gasteiger partial charge in [0.1, 0.15) is 0 Å². The zero-order chi connectivity index (χ0) is 23.2. The number of hydrogen-bond donors (Lipinski definition) is 2. The van der Waals surface area contributed by atoms with Gasteiger partial charge in [-0.05, 0) is 80.3 Å². The second kappa shape index (κ2) is 14.0. The molecule has 0 amide bonds. The number of benzene rings is 2. The predicted molar refractivity (Wildman–Crippen MR) is 140 cm³/mol. The minimum absolute atomic E-state index is 0.893. The number of rotatable bonds is 6. The van der Waals surface area contributed by atoms with Gasteiger partial charge >= 0.3 is 0 Å². The van der Waals surface area contributed by atoms with Gasteiger partial charge in [0.25, 0.3) is 0 Å². The number of fused-ring (bicyclic) bond motifs is 1. The molecule has 1 aromatic heterocycles. The highest BCUT2D eigenvalue weighted by Crippen LogP contribution is 2.17. The molecule has 0 spiro atoms. The minimum Gasteiger partial charge on any atom is -0.361 e. The number of aromatic nitrogens is 1. The monoisotopic (exact) mass is 414 g/mol. The Morgan fingerprint density at radius 3 is 2.29 bits per heavy atom. The van der Waals surface area contributed by atoms with Crippen molar-refractivity contribution in [1.29, 1.82) is 5.41 Å². The highest BCUT2D eigenvalue weighted by atomic mass is 14.7. The van der Waals surface area contributed by atoms with Crippen LogP contribution in [0, 0.1) is 26.2 Å². The lowest BCUT2D eigenvalue weighted by Gasteiger charge is -2.09. The molecular weight excluding hydrogens is 376 g/mol. The summed E-state index contributed by atoms with van der Waals surface area (Å²) in [4.78, 5) is 3.09. The van der Waals surface area contributed by atoms with Crippen molar-refractivity contribution in [3.05, 3.63) is 107 Å². The van der Waals surface area contributed by atoms with Crippen LogP contribution in [0.4, 0.5) is 0 Å². The molecule has 164 valence electrons. The lowest BCUT2D eigenvalue weighted by Crippen LogP contribution is -1.93. The van der Waals surface area contributed by atoms with E-state index in [0.717, 1.165) is 23.1 Å². The molecule has 0 bridgehead atoms. The Hall–Kier alpha value is -3.13. The van der Waals surface area contributed by atoms with E-state index in [-0.39, 0.29) is 0 Å². The molecule has 2 nitrogen and oxygen atoms in total. The van der Waals surface area contributed by atoms with Crippen LogP contribution < -0.4 is 0 Å². The van der Waals surface area contributed by atoms with Gasteiger partial charge in [-0.1, -0.05) is 73.6 Å². The first-order valence-electron chi connectivity index (χ1n) is 10.9. The van der Waals surface area contributed by atoms with Crippen molar-refractivity contribution >= 4 is 17.1 Å². The first-order chi connectivity index (χ1) is 14.9. The highest BCUT2D eigenvalue weighted by Gasteiger charge is 2.01. The smallest absolute Gasteiger partial charge is 0.0460 e. The SMILES string of the molecule is C=CCC(=C)/C=C/C.CCCc1c(C)cc(C)cc1C.N=Cc1ccc2cc[nH]c2c1. The number of allylic oxidation sites excluding steroid dienone is 4. The third-order valence-corrected chi connectivity index (χ3v) is 4.90. The van der Waals surface area contributed by atoms with Crippen LogP contribution in [0.25, 0.3) is 10.9 Å². The van der Waals surface area contributed by atoms with Crippen molar-refractivity contribution in [2.45, 2.75) is 53.9 Å². The third kappa shape index (κ3) is 9.04. The lowest BCUT2D eigenvalue weighted by atomic mass is 9.97. The molecule has 0 radical (unpaired) electrons. The molecule has 0 atom stereocenters. The summed E-state index contributed by atoms with van der Waals surface area (Å²) >= 11 is 0. The fourth-order valence-corrected chi connectivity index (χ4v) is 3.50. The molecule has 0 aliphatic carbocycles. The molecule has 2 aromatic carbocycles. The Morgan fingerprint density at radius 2 is 1.74 bits per heavy atom. The quantitative estimate of drug-likeness (QED) is 0.231. The Kier molecular flexibility index (Phi) is 11.7. The molecule has 0 fully saturated rings. The van der Waals surface area contributed by atoms with Crippen molar-refractivity contribution in [2.75, 3.05) is 0 Å². The van der Waals surface area contributed by atoms with Crippen molar-refractivity contribution in [1.82, 2.24) is 4.98 Å². The zero-order valence-corrected chi connectivity index (χ0v) is 19.9. The van der Waals surface area contributed by atoms with Gasteiger partial charge in [0.2, 0.25) is 0 Å². The molecule has 2 heteroatoms. The van der Waals surface area contributed by atoms with Crippen molar-refractivity contribution in [3.8, 4) is 0 Å². The topological polar surface area (TPSA) is 39.6 Å². The van der Waals surface area contributed by atoms with Gasteiger partial charge in [0.05, 0.1) is 0 Å². The minimum atomic E-state index is 0.893. The van der Waals surface area contributed by atoms with Crippen LogP contribution in [0.5, 0.6) is 0 Å². The number of H-pyrrole nitrogens is 1. The van der Waals surface area contributed by atoms with Gasteiger partial charge in [-0.15, -0.1) is 6.58 Å². The third-order valence-electron chi connectivity index (χ3n) is 4.90. The van der Waals surface area contributed by atoms with Crippen LogP contribution >= 0.6 is 0 Å². The summed E-state index contributed by atoms with van der Waals surface area (Å²) in [6.45, 7) is 18.2. The fourth-order valence-electron chi connectivity index (χ4n) is 3.50. The van der Waals surface area contributed by atoms with E-state index in [2.05, 4.69) is 58.0 Å². The maximum Gasteiger partial charge on any atom is 0.0460 e. The van der Waals surface area contributed by atoms with Crippen LogP contribution in [-0.2, 0) is 6.42 Å². The van der Waals surface area contributed by atoms with Crippen LogP contribution in [0.15, 0.2) is 79.6 Å². The number of aryl methyl sites for hydroxylation is 3. The average molecular weight is 415 g/mol. The molecule has 3 rings (SSSR count). The Balaban J connectivity index is 0.000000238. The molecule has 0 aliphatic heterocycles. The van der Waals surface area contributed by atoms with E-state index < -0.39 is 0 Å². The van der Waals surface area contributed by atoms with Crippen molar-refractivity contribution in [2.24, 2.45) is 0 Å². The van der Waals surface area contributed by atoms with Crippen molar-refractivity contribution in [3.63, 3.8) is 0 Å². The zero-order valence-electron chi connectivity index (χ0n) is 19.9. The van der Waals surface area contributed by atoms with Gasteiger partial charge in [0.15, 0.2) is 0 Å². The maximum atomic E-state index is 7.03. The summed E-state index contributed by atoms with van der Waals surface area (Å²) < 4.78 is 0. The second-order valence-corrected chi connectivity index (χ2v) is 7.75. The Bertz CT molecular complexity index is 995. The van der Waals surface area contributed by atoms with Gasteiger partial charge in [-0.3, -0.25) is 0 Å². The van der Waals surface area contributed by atoms with Crippen LogP contribution in [-0.4, -0.2) is 11.2 Å². The average Bonchev–Trinajstić information content (AvgIpc) is 3.20. The summed E-state index contributed by atoms with van der Waals surface area (Å²) in [5.41, 5.74) is 8.96. The maximum absolute atomic E-state index is 7.03. The summed E-state index contributed by atoms with van der Waals surface area (Å²) in [7, 11) is 0. The second-order valence-electron chi connectivity index (χ2n) is 7.75. The molecule has 2 N–H and O–H groups in total. The highest BCUT2D eigenvalue weighted by molar-refractivity contribution is 5.87. The van der Waals surface area contributed by atoms with Crippen molar-refractivity contribution < 1.29 is 0 Å². The van der Waals surface area contributed by atoms with Gasteiger partial charge in [-0.25, -0.2) is 0 Å². The Labute approximate surface area is 188 Å². The summed E-state index contributed by atoms with van der Waals surface area (Å²) in [6, 6.07) is 12.5. The summed E-state index contributed by atoms with van der Waals surface area (Å²) in [5.74, 6) is 0. The van der Waals surface area contributed by atoms with Crippen LogP contribution in [0.1, 0.15) is 54.5 Å². The number of aromatic amines is 1. The molecule has 31 heavy (non-hydrogen) atoms. The van der Waals surface area contributed by atoms with Gasteiger partial charge < -0.3 is 10.4 Å². The molecule has 0 saturated carbocycles. The van der Waals surface area contributed by atoms with E-state index in [4.69, 9.17) is 5.41 Å². The molecule has 0 unspecified atom stereocenters. The fraction of sp³-hybridized carbons (Fsp3) is 0.276.